The van der Waals surface area contributed by atoms with E-state index in [9.17, 15) is 5.11 Å². The zero-order valence-corrected chi connectivity index (χ0v) is 14.0. The molecular weight excluding hydrogens is 312 g/mol. The van der Waals surface area contributed by atoms with Crippen LogP contribution >= 0.6 is 0 Å². The summed E-state index contributed by atoms with van der Waals surface area (Å²) in [6, 6.07) is 5.76. The molecule has 3 rings (SSSR count). The van der Waals surface area contributed by atoms with Gasteiger partial charge in [0.1, 0.15) is 45.4 Å². The van der Waals surface area contributed by atoms with Crippen molar-refractivity contribution >= 4 is 0 Å². The van der Waals surface area contributed by atoms with Crippen LogP contribution in [-0.2, 0) is 11.3 Å². The molecule has 0 unspecified atom stereocenters. The van der Waals surface area contributed by atoms with Crippen molar-refractivity contribution in [2.75, 3.05) is 59.3 Å². The number of ether oxygens (including phenoxy) is 3. The van der Waals surface area contributed by atoms with E-state index in [-0.39, 0.29) is 13.4 Å². The van der Waals surface area contributed by atoms with Crippen LogP contribution in [0.1, 0.15) is 5.56 Å². The highest BCUT2D eigenvalue weighted by Crippen LogP contribution is 2.32. The van der Waals surface area contributed by atoms with E-state index >= 15 is 0 Å². The third-order valence-corrected chi connectivity index (χ3v) is 4.67. The number of piperazine rings is 1. The smallest absolute Gasteiger partial charge is 0.231 e. The SMILES string of the molecule is OCC[NH+]1CC[NH+](C[C@H](O)COCc2ccc3c(c2)OCO3)CC1. The molecular formula is C17H28N2O5+2. The first kappa shape index (κ1) is 17.4. The van der Waals surface area contributed by atoms with Crippen LogP contribution in [0.2, 0.25) is 0 Å². The second-order valence-corrected chi connectivity index (χ2v) is 6.53. The van der Waals surface area contributed by atoms with Gasteiger partial charge >= 0.3 is 0 Å². The number of aliphatic hydroxyl groups is 2. The van der Waals surface area contributed by atoms with Crippen molar-refractivity contribution in [3.05, 3.63) is 23.8 Å². The van der Waals surface area contributed by atoms with Crippen molar-refractivity contribution in [1.29, 1.82) is 0 Å². The summed E-state index contributed by atoms with van der Waals surface area (Å²) in [5.74, 6) is 1.52. The van der Waals surface area contributed by atoms with E-state index in [1.165, 1.54) is 9.80 Å². The molecule has 1 atom stereocenters. The zero-order chi connectivity index (χ0) is 16.8. The molecule has 1 aromatic carbocycles. The third kappa shape index (κ3) is 4.81. The van der Waals surface area contributed by atoms with Crippen molar-refractivity contribution < 1.29 is 34.2 Å². The summed E-state index contributed by atoms with van der Waals surface area (Å²) in [5.41, 5.74) is 1.01. The number of nitrogens with one attached hydrogen (secondary N) is 2. The number of fused-ring (bicyclic) bond motifs is 1. The van der Waals surface area contributed by atoms with E-state index in [0.29, 0.717) is 19.8 Å². The van der Waals surface area contributed by atoms with E-state index in [1.807, 2.05) is 18.2 Å². The summed E-state index contributed by atoms with van der Waals surface area (Å²) in [6.07, 6.45) is -0.451. The number of aliphatic hydroxyl groups excluding tert-OH is 2. The molecule has 0 bridgehead atoms. The lowest BCUT2D eigenvalue weighted by molar-refractivity contribution is -1.01. The van der Waals surface area contributed by atoms with Crippen LogP contribution in [0.15, 0.2) is 18.2 Å². The molecule has 0 spiro atoms. The van der Waals surface area contributed by atoms with Crippen LogP contribution in [0.3, 0.4) is 0 Å². The fraction of sp³-hybridized carbons (Fsp3) is 0.647. The van der Waals surface area contributed by atoms with Gasteiger partial charge in [0.25, 0.3) is 0 Å². The fourth-order valence-corrected chi connectivity index (χ4v) is 3.31. The lowest BCUT2D eigenvalue weighted by Crippen LogP contribution is -3.28. The Balaban J connectivity index is 1.33. The Morgan fingerprint density at radius 2 is 1.83 bits per heavy atom. The molecule has 0 amide bonds. The maximum atomic E-state index is 10.2. The van der Waals surface area contributed by atoms with Gasteiger partial charge in [0.2, 0.25) is 6.79 Å². The number of quaternary nitrogens is 2. The zero-order valence-electron chi connectivity index (χ0n) is 14.0. The van der Waals surface area contributed by atoms with Crippen molar-refractivity contribution in [3.63, 3.8) is 0 Å². The van der Waals surface area contributed by atoms with E-state index in [2.05, 4.69) is 0 Å². The molecule has 1 fully saturated rings. The van der Waals surface area contributed by atoms with Crippen LogP contribution in [0.4, 0.5) is 0 Å². The summed E-state index contributed by atoms with van der Waals surface area (Å²) in [5, 5.41) is 19.1. The molecule has 1 saturated heterocycles. The standard InChI is InChI=1S/C17H26N2O5/c20-8-7-18-3-5-19(6-4-18)10-15(21)12-22-11-14-1-2-16-17(9-14)24-13-23-16/h1-2,9,15,20-21H,3-8,10-13H2/p+2/t15-/m0/s1. The number of hydrogen-bond acceptors (Lipinski definition) is 5. The highest BCUT2D eigenvalue weighted by Gasteiger charge is 2.24. The molecule has 0 radical (unpaired) electrons. The minimum atomic E-state index is -0.451. The van der Waals surface area contributed by atoms with Gasteiger partial charge in [-0.25, -0.2) is 0 Å². The molecule has 2 heterocycles. The maximum Gasteiger partial charge on any atom is 0.231 e. The molecule has 0 aliphatic carbocycles. The monoisotopic (exact) mass is 340 g/mol. The molecule has 7 heteroatoms. The predicted molar refractivity (Wildman–Crippen MR) is 86.4 cm³/mol. The Bertz CT molecular complexity index is 520. The Labute approximate surface area is 142 Å². The topological polar surface area (TPSA) is 77.0 Å². The second kappa shape index (κ2) is 8.64. The van der Waals surface area contributed by atoms with Gasteiger partial charge in [0, 0.05) is 0 Å². The third-order valence-electron chi connectivity index (χ3n) is 4.67. The van der Waals surface area contributed by atoms with Crippen molar-refractivity contribution in [3.8, 4) is 11.5 Å². The van der Waals surface area contributed by atoms with Gasteiger partial charge in [0.15, 0.2) is 11.5 Å². The molecule has 1 aromatic rings. The average molecular weight is 340 g/mol. The van der Waals surface area contributed by atoms with Crippen molar-refractivity contribution in [1.82, 2.24) is 0 Å². The van der Waals surface area contributed by atoms with E-state index in [1.54, 1.807) is 0 Å². The lowest BCUT2D eigenvalue weighted by atomic mass is 10.2. The van der Waals surface area contributed by atoms with Crippen LogP contribution in [-0.4, -0.2) is 75.6 Å². The van der Waals surface area contributed by atoms with Gasteiger partial charge < -0.3 is 34.2 Å². The van der Waals surface area contributed by atoms with E-state index in [4.69, 9.17) is 19.3 Å². The Hall–Kier alpha value is -1.38. The Morgan fingerprint density at radius 1 is 1.08 bits per heavy atom. The second-order valence-electron chi connectivity index (χ2n) is 6.53. The number of benzene rings is 1. The molecule has 2 aliphatic rings. The number of rotatable bonds is 8. The normalized spacial score (nSPS) is 24.1. The highest BCUT2D eigenvalue weighted by molar-refractivity contribution is 5.44. The quantitative estimate of drug-likeness (QED) is 0.408. The molecule has 4 N–H and O–H groups in total. The highest BCUT2D eigenvalue weighted by atomic mass is 16.7. The van der Waals surface area contributed by atoms with Crippen LogP contribution in [0, 0.1) is 0 Å². The lowest BCUT2D eigenvalue weighted by Gasteiger charge is -2.30. The summed E-state index contributed by atoms with van der Waals surface area (Å²) in [7, 11) is 0. The summed E-state index contributed by atoms with van der Waals surface area (Å²) < 4.78 is 16.3. The molecule has 2 aliphatic heterocycles. The minimum Gasteiger partial charge on any atom is -0.454 e. The van der Waals surface area contributed by atoms with Gasteiger partial charge in [-0.15, -0.1) is 0 Å². The first-order valence-electron chi connectivity index (χ1n) is 8.67. The Kier molecular flexibility index (Phi) is 6.28. The van der Waals surface area contributed by atoms with Gasteiger partial charge in [-0.05, 0) is 17.7 Å². The van der Waals surface area contributed by atoms with Gasteiger partial charge in [0.05, 0.1) is 19.8 Å². The van der Waals surface area contributed by atoms with E-state index < -0.39 is 6.10 Å². The Morgan fingerprint density at radius 3 is 2.62 bits per heavy atom. The van der Waals surface area contributed by atoms with Crippen LogP contribution < -0.4 is 19.3 Å². The van der Waals surface area contributed by atoms with Gasteiger partial charge in [-0.2, -0.15) is 0 Å². The fourth-order valence-electron chi connectivity index (χ4n) is 3.31. The van der Waals surface area contributed by atoms with Crippen molar-refractivity contribution in [2.24, 2.45) is 0 Å². The summed E-state index contributed by atoms with van der Waals surface area (Å²) in [6.45, 7) is 7.05. The summed E-state index contributed by atoms with van der Waals surface area (Å²) >= 11 is 0. The van der Waals surface area contributed by atoms with Crippen LogP contribution in [0.5, 0.6) is 11.5 Å². The minimum absolute atomic E-state index is 0.251. The average Bonchev–Trinajstić information content (AvgIpc) is 3.05. The van der Waals surface area contributed by atoms with Crippen LogP contribution in [0.25, 0.3) is 0 Å². The molecule has 0 saturated carbocycles. The first-order chi connectivity index (χ1) is 11.7. The van der Waals surface area contributed by atoms with Crippen molar-refractivity contribution in [2.45, 2.75) is 12.7 Å². The van der Waals surface area contributed by atoms with E-state index in [0.717, 1.165) is 49.8 Å². The van der Waals surface area contributed by atoms with Gasteiger partial charge in [-0.1, -0.05) is 6.07 Å². The molecule has 24 heavy (non-hydrogen) atoms. The first-order valence-corrected chi connectivity index (χ1v) is 8.67. The predicted octanol–water partition coefficient (Wildman–Crippen LogP) is -2.93. The largest absolute Gasteiger partial charge is 0.454 e. The molecule has 7 nitrogen and oxygen atoms in total. The molecule has 134 valence electrons. The molecule has 0 aromatic heterocycles. The maximum absolute atomic E-state index is 10.2. The number of hydrogen-bond donors (Lipinski definition) is 4. The van der Waals surface area contributed by atoms with Gasteiger partial charge in [-0.3, -0.25) is 0 Å². The summed E-state index contributed by atoms with van der Waals surface area (Å²) in [4.78, 5) is 2.87.